The monoisotopic (exact) mass is 267 g/mol. The standard InChI is InChI=1S/C14H18ClNO2/c15-8-4-3-7-14(17)16-10-12-9-11-5-1-2-6-13(11)18-12/h1-2,5-6,12H,3-4,7-10H2,(H,16,17). The van der Waals surface area contributed by atoms with E-state index in [1.54, 1.807) is 0 Å². The Hall–Kier alpha value is -1.22. The molecule has 0 radical (unpaired) electrons. The number of rotatable bonds is 6. The maximum atomic E-state index is 11.5. The van der Waals surface area contributed by atoms with Gasteiger partial charge in [-0.15, -0.1) is 11.6 Å². The summed E-state index contributed by atoms with van der Waals surface area (Å²) >= 11 is 5.57. The fourth-order valence-electron chi connectivity index (χ4n) is 2.06. The zero-order valence-electron chi connectivity index (χ0n) is 10.3. The number of unbranched alkanes of at least 4 members (excludes halogenated alkanes) is 1. The van der Waals surface area contributed by atoms with E-state index < -0.39 is 0 Å². The fraction of sp³-hybridized carbons (Fsp3) is 0.500. The Balaban J connectivity index is 1.69. The second-order valence-electron chi connectivity index (χ2n) is 4.50. The number of alkyl halides is 1. The Bertz CT molecular complexity index is 384. The van der Waals surface area contributed by atoms with E-state index in [2.05, 4.69) is 11.4 Å². The smallest absolute Gasteiger partial charge is 0.220 e. The minimum atomic E-state index is 0.0689. The SMILES string of the molecule is O=C(CCCCCl)NCC1Cc2ccccc2O1. The summed E-state index contributed by atoms with van der Waals surface area (Å²) in [7, 11) is 0. The van der Waals surface area contributed by atoms with Crippen LogP contribution in [0.4, 0.5) is 0 Å². The van der Waals surface area contributed by atoms with Crippen molar-refractivity contribution >= 4 is 17.5 Å². The van der Waals surface area contributed by atoms with E-state index in [1.165, 1.54) is 5.56 Å². The van der Waals surface area contributed by atoms with Crippen LogP contribution in [0.15, 0.2) is 24.3 Å². The van der Waals surface area contributed by atoms with E-state index in [-0.39, 0.29) is 12.0 Å². The fourth-order valence-corrected chi connectivity index (χ4v) is 2.25. The van der Waals surface area contributed by atoms with Crippen molar-refractivity contribution in [2.24, 2.45) is 0 Å². The molecule has 0 saturated heterocycles. The number of carbonyl (C=O) groups excluding carboxylic acids is 1. The van der Waals surface area contributed by atoms with Crippen molar-refractivity contribution in [3.63, 3.8) is 0 Å². The number of nitrogens with one attached hydrogen (secondary N) is 1. The van der Waals surface area contributed by atoms with E-state index >= 15 is 0 Å². The van der Waals surface area contributed by atoms with Gasteiger partial charge in [0.15, 0.2) is 0 Å². The first-order chi connectivity index (χ1) is 8.79. The molecule has 1 amide bonds. The van der Waals surface area contributed by atoms with Crippen molar-refractivity contribution in [3.8, 4) is 5.75 Å². The van der Waals surface area contributed by atoms with Gasteiger partial charge >= 0.3 is 0 Å². The minimum Gasteiger partial charge on any atom is -0.488 e. The highest BCUT2D eigenvalue weighted by molar-refractivity contribution is 6.17. The van der Waals surface area contributed by atoms with Crippen LogP contribution in [0.5, 0.6) is 5.75 Å². The number of hydrogen-bond donors (Lipinski definition) is 1. The third-order valence-electron chi connectivity index (χ3n) is 3.03. The third-order valence-corrected chi connectivity index (χ3v) is 3.30. The molecule has 1 N–H and O–H groups in total. The van der Waals surface area contributed by atoms with Gasteiger partial charge in [-0.05, 0) is 24.5 Å². The van der Waals surface area contributed by atoms with Crippen molar-refractivity contribution in [3.05, 3.63) is 29.8 Å². The van der Waals surface area contributed by atoms with Crippen LogP contribution in [0.1, 0.15) is 24.8 Å². The van der Waals surface area contributed by atoms with Crippen molar-refractivity contribution in [1.82, 2.24) is 5.32 Å². The molecule has 4 heteroatoms. The van der Waals surface area contributed by atoms with Gasteiger partial charge in [0.05, 0.1) is 6.54 Å². The summed E-state index contributed by atoms with van der Waals surface area (Å²) in [6, 6.07) is 8.01. The minimum absolute atomic E-state index is 0.0689. The molecule has 0 bridgehead atoms. The summed E-state index contributed by atoms with van der Waals surface area (Å²) in [4.78, 5) is 11.5. The van der Waals surface area contributed by atoms with E-state index in [0.29, 0.717) is 18.8 Å². The number of hydrogen-bond acceptors (Lipinski definition) is 2. The van der Waals surface area contributed by atoms with Crippen molar-refractivity contribution in [2.45, 2.75) is 31.8 Å². The van der Waals surface area contributed by atoms with Crippen LogP contribution in [0, 0.1) is 0 Å². The number of halogens is 1. The van der Waals surface area contributed by atoms with Crippen molar-refractivity contribution in [1.29, 1.82) is 0 Å². The molecule has 1 aromatic carbocycles. The molecule has 3 nitrogen and oxygen atoms in total. The van der Waals surface area contributed by atoms with Gasteiger partial charge in [-0.1, -0.05) is 18.2 Å². The van der Waals surface area contributed by atoms with E-state index in [4.69, 9.17) is 16.3 Å². The Morgan fingerprint density at radius 1 is 1.39 bits per heavy atom. The quantitative estimate of drug-likeness (QED) is 0.635. The van der Waals surface area contributed by atoms with Gasteiger partial charge in [0.25, 0.3) is 0 Å². The maximum Gasteiger partial charge on any atom is 0.220 e. The van der Waals surface area contributed by atoms with Crippen molar-refractivity contribution < 1.29 is 9.53 Å². The predicted molar refractivity (Wildman–Crippen MR) is 72.1 cm³/mol. The lowest BCUT2D eigenvalue weighted by Gasteiger charge is -2.11. The van der Waals surface area contributed by atoms with Crippen LogP contribution in [0.2, 0.25) is 0 Å². The lowest BCUT2D eigenvalue weighted by molar-refractivity contribution is -0.121. The number of carbonyl (C=O) groups is 1. The first-order valence-electron chi connectivity index (χ1n) is 6.37. The average molecular weight is 268 g/mol. The average Bonchev–Trinajstić information content (AvgIpc) is 2.79. The molecule has 98 valence electrons. The maximum absolute atomic E-state index is 11.5. The Morgan fingerprint density at radius 2 is 2.22 bits per heavy atom. The highest BCUT2D eigenvalue weighted by Crippen LogP contribution is 2.27. The van der Waals surface area contributed by atoms with Gasteiger partial charge in [0, 0.05) is 18.7 Å². The molecule has 0 saturated carbocycles. The zero-order chi connectivity index (χ0) is 12.8. The molecule has 1 aliphatic heterocycles. The number of para-hydroxylation sites is 1. The van der Waals surface area contributed by atoms with Gasteiger partial charge in [0.2, 0.25) is 5.91 Å². The van der Waals surface area contributed by atoms with Crippen LogP contribution < -0.4 is 10.1 Å². The molecule has 0 aromatic heterocycles. The zero-order valence-corrected chi connectivity index (χ0v) is 11.1. The summed E-state index contributed by atoms with van der Waals surface area (Å²) in [5.41, 5.74) is 1.22. The molecule has 0 aliphatic carbocycles. The van der Waals surface area contributed by atoms with Gasteiger partial charge in [-0.3, -0.25) is 4.79 Å². The Morgan fingerprint density at radius 3 is 3.00 bits per heavy atom. The van der Waals surface area contributed by atoms with Crippen molar-refractivity contribution in [2.75, 3.05) is 12.4 Å². The number of ether oxygens (including phenoxy) is 1. The summed E-state index contributed by atoms with van der Waals surface area (Å²) in [6.07, 6.45) is 3.23. The molecule has 18 heavy (non-hydrogen) atoms. The summed E-state index contributed by atoms with van der Waals surface area (Å²) in [6.45, 7) is 0.578. The number of benzene rings is 1. The van der Waals surface area contributed by atoms with E-state index in [0.717, 1.165) is 25.0 Å². The number of amides is 1. The van der Waals surface area contributed by atoms with Gasteiger partial charge in [-0.25, -0.2) is 0 Å². The van der Waals surface area contributed by atoms with Gasteiger partial charge in [-0.2, -0.15) is 0 Å². The molecule has 1 aromatic rings. The van der Waals surface area contributed by atoms with Crippen LogP contribution in [0.25, 0.3) is 0 Å². The first kappa shape index (κ1) is 13.2. The Kier molecular flexibility index (Phi) is 4.88. The summed E-state index contributed by atoms with van der Waals surface area (Å²) < 4.78 is 5.75. The molecular formula is C14H18ClNO2. The molecule has 0 fully saturated rings. The highest BCUT2D eigenvalue weighted by atomic mass is 35.5. The second kappa shape index (κ2) is 6.64. The van der Waals surface area contributed by atoms with Crippen LogP contribution >= 0.6 is 11.6 Å². The molecule has 1 heterocycles. The van der Waals surface area contributed by atoms with Gasteiger partial charge < -0.3 is 10.1 Å². The molecule has 1 unspecified atom stereocenters. The summed E-state index contributed by atoms with van der Waals surface area (Å²) in [5, 5.41) is 2.91. The highest BCUT2D eigenvalue weighted by Gasteiger charge is 2.22. The van der Waals surface area contributed by atoms with Crippen LogP contribution in [-0.2, 0) is 11.2 Å². The van der Waals surface area contributed by atoms with E-state index in [1.807, 2.05) is 18.2 Å². The Labute approximate surface area is 112 Å². The van der Waals surface area contributed by atoms with E-state index in [9.17, 15) is 4.79 Å². The van der Waals surface area contributed by atoms with Crippen LogP contribution in [0.3, 0.4) is 0 Å². The molecule has 1 atom stereocenters. The topological polar surface area (TPSA) is 38.3 Å². The third kappa shape index (κ3) is 3.64. The summed E-state index contributed by atoms with van der Waals surface area (Å²) in [5.74, 6) is 1.65. The molecule has 1 aliphatic rings. The normalized spacial score (nSPS) is 17.1. The predicted octanol–water partition coefficient (Wildman–Crippen LogP) is 2.52. The second-order valence-corrected chi connectivity index (χ2v) is 4.88. The molecule has 0 spiro atoms. The number of fused-ring (bicyclic) bond motifs is 1. The first-order valence-corrected chi connectivity index (χ1v) is 6.90. The van der Waals surface area contributed by atoms with Gasteiger partial charge in [0.1, 0.15) is 11.9 Å². The molecule has 2 rings (SSSR count). The van der Waals surface area contributed by atoms with Crippen LogP contribution in [-0.4, -0.2) is 24.4 Å². The lowest BCUT2D eigenvalue weighted by Crippen LogP contribution is -2.34. The lowest BCUT2D eigenvalue weighted by atomic mass is 10.1. The largest absolute Gasteiger partial charge is 0.488 e. The molecular weight excluding hydrogens is 250 g/mol.